The molecule has 0 atom stereocenters. The van der Waals surface area contributed by atoms with Gasteiger partial charge in [-0.2, -0.15) is 0 Å². The fourth-order valence-corrected chi connectivity index (χ4v) is 2.77. The molecule has 0 saturated heterocycles. The highest BCUT2D eigenvalue weighted by molar-refractivity contribution is 5.25. The molecule has 0 aliphatic heterocycles. The lowest BCUT2D eigenvalue weighted by atomic mass is 10.1. The number of alkyl halides is 2. The van der Waals surface area contributed by atoms with Crippen molar-refractivity contribution in [1.29, 1.82) is 0 Å². The van der Waals surface area contributed by atoms with Crippen LogP contribution in [0.2, 0.25) is 0 Å². The van der Waals surface area contributed by atoms with Crippen LogP contribution in [0.1, 0.15) is 43.7 Å². The Labute approximate surface area is 120 Å². The van der Waals surface area contributed by atoms with E-state index in [1.165, 1.54) is 37.8 Å². The standard InChI is InChI=1S/C16H24F2N2/c1-16(17,18)14-9-7-13(8-10-14)11-19-12-20(2)15-5-3-4-6-15/h7-10,15,19H,3-6,11-12H2,1-2H3. The van der Waals surface area contributed by atoms with Gasteiger partial charge in [0.2, 0.25) is 0 Å². The van der Waals surface area contributed by atoms with Gasteiger partial charge in [-0.1, -0.05) is 37.1 Å². The van der Waals surface area contributed by atoms with Crippen molar-refractivity contribution in [3.8, 4) is 0 Å². The molecule has 4 heteroatoms. The van der Waals surface area contributed by atoms with Crippen LogP contribution in [-0.2, 0) is 12.5 Å². The SMILES string of the molecule is CN(CNCc1ccc(C(C)(F)F)cc1)C1CCCC1. The minimum Gasteiger partial charge on any atom is -0.300 e. The van der Waals surface area contributed by atoms with Crippen molar-refractivity contribution in [2.45, 2.75) is 51.1 Å². The molecule has 0 radical (unpaired) electrons. The van der Waals surface area contributed by atoms with Crippen LogP contribution in [0.5, 0.6) is 0 Å². The lowest BCUT2D eigenvalue weighted by Gasteiger charge is -2.24. The Balaban J connectivity index is 1.76. The molecule has 1 aliphatic rings. The second kappa shape index (κ2) is 6.64. The van der Waals surface area contributed by atoms with Crippen LogP contribution in [0.15, 0.2) is 24.3 Å². The third-order valence-electron chi connectivity index (χ3n) is 4.10. The second-order valence-corrected chi connectivity index (χ2v) is 5.87. The summed E-state index contributed by atoms with van der Waals surface area (Å²) in [7, 11) is 2.14. The van der Waals surface area contributed by atoms with Crippen LogP contribution < -0.4 is 5.32 Å². The lowest BCUT2D eigenvalue weighted by molar-refractivity contribution is 0.0174. The first-order valence-corrected chi connectivity index (χ1v) is 7.35. The first kappa shape index (κ1) is 15.4. The van der Waals surface area contributed by atoms with Gasteiger partial charge in [0.05, 0.1) is 0 Å². The van der Waals surface area contributed by atoms with Gasteiger partial charge in [-0.3, -0.25) is 4.90 Å². The number of halogens is 2. The highest BCUT2D eigenvalue weighted by Gasteiger charge is 2.23. The molecule has 0 unspecified atom stereocenters. The summed E-state index contributed by atoms with van der Waals surface area (Å²) in [5, 5.41) is 3.37. The highest BCUT2D eigenvalue weighted by atomic mass is 19.3. The maximum Gasteiger partial charge on any atom is 0.270 e. The lowest BCUT2D eigenvalue weighted by Crippen LogP contribution is -2.37. The van der Waals surface area contributed by atoms with Gasteiger partial charge in [-0.05, 0) is 25.5 Å². The predicted octanol–water partition coefficient (Wildman–Crippen LogP) is 3.72. The highest BCUT2D eigenvalue weighted by Crippen LogP contribution is 2.26. The Morgan fingerprint density at radius 2 is 1.80 bits per heavy atom. The summed E-state index contributed by atoms with van der Waals surface area (Å²) in [4.78, 5) is 2.35. The van der Waals surface area contributed by atoms with Crippen LogP contribution in [0.25, 0.3) is 0 Å². The molecule has 1 aromatic carbocycles. The average molecular weight is 282 g/mol. The van der Waals surface area contributed by atoms with E-state index in [0.717, 1.165) is 19.2 Å². The summed E-state index contributed by atoms with van der Waals surface area (Å²) in [6, 6.07) is 7.27. The van der Waals surface area contributed by atoms with E-state index < -0.39 is 5.92 Å². The van der Waals surface area contributed by atoms with Gasteiger partial charge in [0.15, 0.2) is 0 Å². The van der Waals surface area contributed by atoms with Crippen LogP contribution in [0.4, 0.5) is 8.78 Å². The van der Waals surface area contributed by atoms with E-state index in [2.05, 4.69) is 17.3 Å². The van der Waals surface area contributed by atoms with E-state index in [1.807, 2.05) is 0 Å². The van der Waals surface area contributed by atoms with Gasteiger partial charge >= 0.3 is 0 Å². The van der Waals surface area contributed by atoms with Crippen molar-refractivity contribution in [2.75, 3.05) is 13.7 Å². The van der Waals surface area contributed by atoms with E-state index in [4.69, 9.17) is 0 Å². The molecule has 1 aromatic rings. The van der Waals surface area contributed by atoms with E-state index in [9.17, 15) is 8.78 Å². The van der Waals surface area contributed by atoms with Crippen LogP contribution in [0, 0.1) is 0 Å². The minimum absolute atomic E-state index is 0.0734. The topological polar surface area (TPSA) is 15.3 Å². The summed E-state index contributed by atoms with van der Waals surface area (Å²) >= 11 is 0. The molecule has 0 aromatic heterocycles. The number of nitrogens with zero attached hydrogens (tertiary/aromatic N) is 1. The molecule has 0 heterocycles. The Kier molecular flexibility index (Phi) is 5.11. The zero-order valence-corrected chi connectivity index (χ0v) is 12.3. The summed E-state index contributed by atoms with van der Waals surface area (Å²) in [5.41, 5.74) is 1.11. The van der Waals surface area contributed by atoms with E-state index in [-0.39, 0.29) is 5.56 Å². The van der Waals surface area contributed by atoms with Crippen molar-refractivity contribution in [3.05, 3.63) is 35.4 Å². The van der Waals surface area contributed by atoms with Crippen molar-refractivity contribution in [1.82, 2.24) is 10.2 Å². The first-order valence-electron chi connectivity index (χ1n) is 7.35. The zero-order chi connectivity index (χ0) is 14.6. The fourth-order valence-electron chi connectivity index (χ4n) is 2.77. The number of nitrogens with one attached hydrogen (secondary N) is 1. The van der Waals surface area contributed by atoms with Crippen molar-refractivity contribution >= 4 is 0 Å². The molecular formula is C16H24F2N2. The molecule has 112 valence electrons. The van der Waals surface area contributed by atoms with Gasteiger partial charge in [-0.25, -0.2) is 8.78 Å². The Morgan fingerprint density at radius 3 is 2.35 bits per heavy atom. The molecule has 1 aliphatic carbocycles. The maximum atomic E-state index is 13.1. The molecule has 0 bridgehead atoms. The molecular weight excluding hydrogens is 258 g/mol. The Morgan fingerprint density at radius 1 is 1.20 bits per heavy atom. The zero-order valence-electron chi connectivity index (χ0n) is 12.3. The summed E-state index contributed by atoms with van der Waals surface area (Å²) in [6.07, 6.45) is 5.25. The molecule has 1 fully saturated rings. The minimum atomic E-state index is -2.76. The molecule has 20 heavy (non-hydrogen) atoms. The third kappa shape index (κ3) is 4.25. The van der Waals surface area contributed by atoms with Gasteiger partial charge in [-0.15, -0.1) is 0 Å². The van der Waals surface area contributed by atoms with Gasteiger partial charge in [0, 0.05) is 31.7 Å². The van der Waals surface area contributed by atoms with E-state index in [1.54, 1.807) is 12.1 Å². The number of rotatable bonds is 6. The molecule has 2 rings (SSSR count). The summed E-state index contributed by atoms with van der Waals surface area (Å²) in [6.45, 7) is 2.49. The third-order valence-corrected chi connectivity index (χ3v) is 4.10. The molecule has 1 saturated carbocycles. The van der Waals surface area contributed by atoms with Gasteiger partial charge in [0.25, 0.3) is 5.92 Å². The Hall–Kier alpha value is -1.00. The number of hydrogen-bond donors (Lipinski definition) is 1. The summed E-state index contributed by atoms with van der Waals surface area (Å²) in [5.74, 6) is -2.76. The quantitative estimate of drug-likeness (QED) is 0.800. The molecule has 2 nitrogen and oxygen atoms in total. The maximum absolute atomic E-state index is 13.1. The average Bonchev–Trinajstić information content (AvgIpc) is 2.92. The normalized spacial score (nSPS) is 17.1. The predicted molar refractivity (Wildman–Crippen MR) is 77.7 cm³/mol. The van der Waals surface area contributed by atoms with Crippen LogP contribution in [0.3, 0.4) is 0 Å². The fraction of sp³-hybridized carbons (Fsp3) is 0.625. The summed E-state index contributed by atoms with van der Waals surface area (Å²) < 4.78 is 26.2. The van der Waals surface area contributed by atoms with Gasteiger partial charge < -0.3 is 5.32 Å². The van der Waals surface area contributed by atoms with Crippen molar-refractivity contribution < 1.29 is 8.78 Å². The largest absolute Gasteiger partial charge is 0.300 e. The van der Waals surface area contributed by atoms with Crippen LogP contribution in [-0.4, -0.2) is 24.7 Å². The molecule has 1 N–H and O–H groups in total. The van der Waals surface area contributed by atoms with Crippen LogP contribution >= 0.6 is 0 Å². The molecule has 0 amide bonds. The second-order valence-electron chi connectivity index (χ2n) is 5.87. The number of benzene rings is 1. The van der Waals surface area contributed by atoms with E-state index >= 15 is 0 Å². The Bertz CT molecular complexity index is 405. The first-order chi connectivity index (χ1) is 9.47. The van der Waals surface area contributed by atoms with E-state index in [0.29, 0.717) is 12.6 Å². The number of hydrogen-bond acceptors (Lipinski definition) is 2. The molecule has 0 spiro atoms. The monoisotopic (exact) mass is 282 g/mol. The van der Waals surface area contributed by atoms with Gasteiger partial charge in [0.1, 0.15) is 0 Å². The van der Waals surface area contributed by atoms with Crippen molar-refractivity contribution in [2.24, 2.45) is 0 Å². The smallest absolute Gasteiger partial charge is 0.270 e. The van der Waals surface area contributed by atoms with Crippen molar-refractivity contribution in [3.63, 3.8) is 0 Å².